The highest BCUT2D eigenvalue weighted by atomic mass is 32.2. The van der Waals surface area contributed by atoms with E-state index in [4.69, 9.17) is 4.74 Å². The van der Waals surface area contributed by atoms with Crippen LogP contribution in [-0.4, -0.2) is 57.7 Å². The number of ether oxygens (including phenoxy) is 1. The molecule has 2 atom stereocenters. The molecule has 0 saturated carbocycles. The van der Waals surface area contributed by atoms with E-state index >= 15 is 0 Å². The van der Waals surface area contributed by atoms with E-state index in [2.05, 4.69) is 17.0 Å². The normalized spacial score (nSPS) is 28.9. The minimum absolute atomic E-state index is 0.0637. The molecule has 2 fully saturated rings. The predicted molar refractivity (Wildman–Crippen MR) is 78.8 cm³/mol. The first-order chi connectivity index (χ1) is 9.63. The van der Waals surface area contributed by atoms with Gasteiger partial charge in [-0.2, -0.15) is 17.4 Å². The summed E-state index contributed by atoms with van der Waals surface area (Å²) in [5, 5.41) is 3.34. The van der Waals surface area contributed by atoms with Crippen molar-refractivity contribution in [2.75, 3.05) is 32.8 Å². The monoisotopic (exact) mass is 305 g/mol. The van der Waals surface area contributed by atoms with Crippen LogP contribution in [0, 0.1) is 0 Å². The van der Waals surface area contributed by atoms with Gasteiger partial charge in [-0.25, -0.2) is 0 Å². The van der Waals surface area contributed by atoms with Crippen molar-refractivity contribution in [3.8, 4) is 0 Å². The number of piperidine rings is 1. The molecule has 2 N–H and O–H groups in total. The lowest BCUT2D eigenvalue weighted by atomic mass is 10.1. The van der Waals surface area contributed by atoms with Gasteiger partial charge in [0.05, 0.1) is 6.61 Å². The molecule has 0 amide bonds. The summed E-state index contributed by atoms with van der Waals surface area (Å²) in [6, 6.07) is 0.0151. The van der Waals surface area contributed by atoms with E-state index in [0.29, 0.717) is 19.8 Å². The molecule has 0 aromatic rings. The molecule has 2 heterocycles. The second-order valence-corrected chi connectivity index (χ2v) is 7.30. The van der Waals surface area contributed by atoms with Gasteiger partial charge in [0, 0.05) is 31.8 Å². The zero-order chi connectivity index (χ0) is 14.4. The van der Waals surface area contributed by atoms with Gasteiger partial charge in [0.25, 0.3) is 10.2 Å². The average molecular weight is 305 g/mol. The molecule has 0 spiro atoms. The summed E-state index contributed by atoms with van der Waals surface area (Å²) >= 11 is 0. The van der Waals surface area contributed by atoms with Crippen LogP contribution >= 0.6 is 0 Å². The maximum absolute atomic E-state index is 12.5. The lowest BCUT2D eigenvalue weighted by Gasteiger charge is -2.35. The molecular weight excluding hydrogens is 278 g/mol. The van der Waals surface area contributed by atoms with Crippen LogP contribution in [0.25, 0.3) is 0 Å². The summed E-state index contributed by atoms with van der Waals surface area (Å²) in [6.07, 6.45) is 4.84. The van der Waals surface area contributed by atoms with Crippen LogP contribution in [0.3, 0.4) is 0 Å². The average Bonchev–Trinajstić information content (AvgIpc) is 2.91. The molecule has 2 unspecified atom stereocenters. The van der Waals surface area contributed by atoms with Gasteiger partial charge in [0.1, 0.15) is 0 Å². The Labute approximate surface area is 122 Å². The maximum Gasteiger partial charge on any atom is 0.280 e. The second kappa shape index (κ2) is 7.70. The van der Waals surface area contributed by atoms with E-state index in [1.54, 1.807) is 4.31 Å². The third-order valence-corrected chi connectivity index (χ3v) is 5.66. The predicted octanol–water partition coefficient (Wildman–Crippen LogP) is 0.464. The minimum atomic E-state index is -3.39. The summed E-state index contributed by atoms with van der Waals surface area (Å²) in [5.74, 6) is 0. The lowest BCUT2D eigenvalue weighted by Crippen LogP contribution is -2.54. The highest BCUT2D eigenvalue weighted by Gasteiger charge is 2.34. The number of rotatable bonds is 7. The summed E-state index contributed by atoms with van der Waals surface area (Å²) in [7, 11) is -3.39. The molecule has 2 saturated heterocycles. The van der Waals surface area contributed by atoms with Gasteiger partial charge >= 0.3 is 0 Å². The number of nitrogens with zero attached hydrogens (tertiary/aromatic N) is 1. The molecule has 2 aliphatic rings. The minimum Gasteiger partial charge on any atom is -0.380 e. The Hall–Kier alpha value is -0.210. The molecule has 2 rings (SSSR count). The fourth-order valence-corrected chi connectivity index (χ4v) is 4.53. The van der Waals surface area contributed by atoms with Gasteiger partial charge in [0.2, 0.25) is 0 Å². The lowest BCUT2D eigenvalue weighted by molar-refractivity contribution is 0.191. The first kappa shape index (κ1) is 16.2. The molecule has 20 heavy (non-hydrogen) atoms. The zero-order valence-corrected chi connectivity index (χ0v) is 13.1. The van der Waals surface area contributed by atoms with E-state index in [1.807, 2.05) is 0 Å². The molecule has 7 heteroatoms. The van der Waals surface area contributed by atoms with Crippen molar-refractivity contribution in [2.45, 2.75) is 51.1 Å². The standard InChI is InChI=1S/C13H27N3O3S/c1-2-7-14-10-13-5-3-4-8-16(13)20(17,18)15-12-6-9-19-11-12/h12-15H,2-11H2,1H3. The van der Waals surface area contributed by atoms with Gasteiger partial charge in [-0.1, -0.05) is 13.3 Å². The van der Waals surface area contributed by atoms with Gasteiger partial charge in [-0.05, 0) is 32.2 Å². The molecule has 0 aromatic heterocycles. The van der Waals surface area contributed by atoms with Gasteiger partial charge < -0.3 is 10.1 Å². The van der Waals surface area contributed by atoms with Crippen LogP contribution in [0.2, 0.25) is 0 Å². The number of hydrogen-bond donors (Lipinski definition) is 2. The Morgan fingerprint density at radius 3 is 2.85 bits per heavy atom. The highest BCUT2D eigenvalue weighted by Crippen LogP contribution is 2.20. The molecule has 0 radical (unpaired) electrons. The zero-order valence-electron chi connectivity index (χ0n) is 12.3. The van der Waals surface area contributed by atoms with Crippen LogP contribution in [-0.2, 0) is 14.9 Å². The Morgan fingerprint density at radius 1 is 1.30 bits per heavy atom. The summed E-state index contributed by atoms with van der Waals surface area (Å²) in [6.45, 7) is 5.57. The fraction of sp³-hybridized carbons (Fsp3) is 1.00. The van der Waals surface area contributed by atoms with Gasteiger partial charge in [-0.3, -0.25) is 0 Å². The number of hydrogen-bond acceptors (Lipinski definition) is 4. The third kappa shape index (κ3) is 4.39. The van der Waals surface area contributed by atoms with Crippen LogP contribution in [0.1, 0.15) is 39.0 Å². The van der Waals surface area contributed by atoms with E-state index in [1.165, 1.54) is 0 Å². The molecule has 2 aliphatic heterocycles. The molecule has 0 aliphatic carbocycles. The molecule has 0 aromatic carbocycles. The van der Waals surface area contributed by atoms with Crippen molar-refractivity contribution >= 4 is 10.2 Å². The first-order valence-electron chi connectivity index (χ1n) is 7.71. The van der Waals surface area contributed by atoms with E-state index in [9.17, 15) is 8.42 Å². The SMILES string of the molecule is CCCNCC1CCCCN1S(=O)(=O)NC1CCOC1. The Morgan fingerprint density at radius 2 is 2.15 bits per heavy atom. The molecule has 6 nitrogen and oxygen atoms in total. The highest BCUT2D eigenvalue weighted by molar-refractivity contribution is 7.87. The van der Waals surface area contributed by atoms with Crippen LogP contribution < -0.4 is 10.0 Å². The Balaban J connectivity index is 1.94. The van der Waals surface area contributed by atoms with Crippen molar-refractivity contribution in [3.63, 3.8) is 0 Å². The van der Waals surface area contributed by atoms with Crippen molar-refractivity contribution in [1.29, 1.82) is 0 Å². The van der Waals surface area contributed by atoms with Crippen molar-refractivity contribution < 1.29 is 13.2 Å². The van der Waals surface area contributed by atoms with Gasteiger partial charge in [0.15, 0.2) is 0 Å². The van der Waals surface area contributed by atoms with Crippen LogP contribution in [0.15, 0.2) is 0 Å². The summed E-state index contributed by atoms with van der Waals surface area (Å²) < 4.78 is 34.7. The maximum atomic E-state index is 12.5. The summed E-state index contributed by atoms with van der Waals surface area (Å²) in [5.41, 5.74) is 0. The van der Waals surface area contributed by atoms with Crippen molar-refractivity contribution in [3.05, 3.63) is 0 Å². The van der Waals surface area contributed by atoms with Crippen molar-refractivity contribution in [2.24, 2.45) is 0 Å². The molecule has 118 valence electrons. The van der Waals surface area contributed by atoms with Crippen LogP contribution in [0.5, 0.6) is 0 Å². The fourth-order valence-electron chi connectivity index (χ4n) is 2.85. The number of nitrogens with one attached hydrogen (secondary N) is 2. The van der Waals surface area contributed by atoms with Gasteiger partial charge in [-0.15, -0.1) is 0 Å². The third-order valence-electron chi connectivity index (χ3n) is 3.93. The van der Waals surface area contributed by atoms with E-state index < -0.39 is 10.2 Å². The smallest absolute Gasteiger partial charge is 0.280 e. The molecule has 0 bridgehead atoms. The largest absolute Gasteiger partial charge is 0.380 e. The topological polar surface area (TPSA) is 70.7 Å². The summed E-state index contributed by atoms with van der Waals surface area (Å²) in [4.78, 5) is 0. The van der Waals surface area contributed by atoms with E-state index in [0.717, 1.165) is 45.2 Å². The molecular formula is C13H27N3O3S. The van der Waals surface area contributed by atoms with Crippen molar-refractivity contribution in [1.82, 2.24) is 14.3 Å². The van der Waals surface area contributed by atoms with E-state index in [-0.39, 0.29) is 12.1 Å². The first-order valence-corrected chi connectivity index (χ1v) is 9.15. The quantitative estimate of drug-likeness (QED) is 0.671. The second-order valence-electron chi connectivity index (χ2n) is 5.65. The Kier molecular flexibility index (Phi) is 6.22. The van der Waals surface area contributed by atoms with Crippen LogP contribution in [0.4, 0.5) is 0 Å². The Bertz CT molecular complexity index is 382.